The molecule has 0 radical (unpaired) electrons. The number of nitrogens with one attached hydrogen (secondary N) is 1. The lowest BCUT2D eigenvalue weighted by atomic mass is 10.1. The molecule has 0 fully saturated rings. The average molecular weight is 301 g/mol. The van der Waals surface area contributed by atoms with Crippen molar-refractivity contribution in [3.05, 3.63) is 52.7 Å². The van der Waals surface area contributed by atoms with Crippen LogP contribution < -0.4 is 5.43 Å². The van der Waals surface area contributed by atoms with Gasteiger partial charge < -0.3 is 0 Å². The van der Waals surface area contributed by atoms with E-state index in [1.807, 2.05) is 0 Å². The fourth-order valence-electron chi connectivity index (χ4n) is 1.31. The van der Waals surface area contributed by atoms with E-state index in [-0.39, 0.29) is 5.15 Å². The third kappa shape index (κ3) is 3.92. The van der Waals surface area contributed by atoms with Crippen LogP contribution in [0.15, 0.2) is 41.5 Å². The van der Waals surface area contributed by atoms with Crippen molar-refractivity contribution in [2.45, 2.75) is 6.18 Å². The van der Waals surface area contributed by atoms with Gasteiger partial charge in [-0.1, -0.05) is 23.7 Å². The van der Waals surface area contributed by atoms with Gasteiger partial charge >= 0.3 is 6.18 Å². The Kier molecular flexibility index (Phi) is 4.19. The molecular weight excluding hydrogens is 293 g/mol. The number of halogens is 4. The van der Waals surface area contributed by atoms with E-state index < -0.39 is 11.7 Å². The van der Waals surface area contributed by atoms with Crippen molar-refractivity contribution in [3.8, 4) is 0 Å². The van der Waals surface area contributed by atoms with Gasteiger partial charge in [0.2, 0.25) is 0 Å². The van der Waals surface area contributed by atoms with E-state index in [0.29, 0.717) is 11.4 Å². The molecule has 2 aromatic rings. The third-order valence-corrected chi connectivity index (χ3v) is 2.46. The summed E-state index contributed by atoms with van der Waals surface area (Å²) in [4.78, 5) is 0. The summed E-state index contributed by atoms with van der Waals surface area (Å²) in [6.45, 7) is 0. The molecule has 20 heavy (non-hydrogen) atoms. The summed E-state index contributed by atoms with van der Waals surface area (Å²) < 4.78 is 37.1. The Morgan fingerprint density at radius 3 is 2.30 bits per heavy atom. The van der Waals surface area contributed by atoms with Crippen LogP contribution in [0.2, 0.25) is 5.15 Å². The summed E-state index contributed by atoms with van der Waals surface area (Å²) in [5, 5.41) is 11.4. The number of hydrazone groups is 1. The molecule has 1 aromatic carbocycles. The Balaban J connectivity index is 1.99. The maximum Gasteiger partial charge on any atom is 0.416 e. The number of alkyl halides is 3. The number of benzene rings is 1. The molecule has 0 saturated carbocycles. The molecule has 0 spiro atoms. The zero-order chi connectivity index (χ0) is 14.6. The molecule has 0 unspecified atom stereocenters. The highest BCUT2D eigenvalue weighted by Gasteiger charge is 2.29. The molecule has 1 aromatic heterocycles. The van der Waals surface area contributed by atoms with Crippen LogP contribution in [0.25, 0.3) is 0 Å². The van der Waals surface area contributed by atoms with E-state index in [1.165, 1.54) is 24.4 Å². The van der Waals surface area contributed by atoms with Crippen molar-refractivity contribution in [1.29, 1.82) is 0 Å². The van der Waals surface area contributed by atoms with Gasteiger partial charge in [0.05, 0.1) is 11.8 Å². The molecule has 0 atom stereocenters. The minimum atomic E-state index is -4.34. The first-order valence-electron chi connectivity index (χ1n) is 5.41. The zero-order valence-electron chi connectivity index (χ0n) is 9.89. The molecule has 104 valence electrons. The predicted molar refractivity (Wildman–Crippen MR) is 69.7 cm³/mol. The Hall–Kier alpha value is -2.15. The Bertz CT molecular complexity index is 594. The summed E-state index contributed by atoms with van der Waals surface area (Å²) in [5.74, 6) is 0.373. The van der Waals surface area contributed by atoms with E-state index in [1.54, 1.807) is 6.07 Å². The van der Waals surface area contributed by atoms with E-state index in [0.717, 1.165) is 12.1 Å². The summed E-state index contributed by atoms with van der Waals surface area (Å²) in [6, 6.07) is 7.72. The molecule has 0 aliphatic heterocycles. The highest BCUT2D eigenvalue weighted by atomic mass is 35.5. The highest BCUT2D eigenvalue weighted by Crippen LogP contribution is 2.28. The summed E-state index contributed by atoms with van der Waals surface area (Å²) >= 11 is 5.56. The quantitative estimate of drug-likeness (QED) is 0.696. The molecule has 4 nitrogen and oxygen atoms in total. The van der Waals surface area contributed by atoms with Crippen molar-refractivity contribution in [3.63, 3.8) is 0 Å². The molecule has 8 heteroatoms. The van der Waals surface area contributed by atoms with Crippen LogP contribution >= 0.6 is 11.6 Å². The van der Waals surface area contributed by atoms with Crippen LogP contribution in [0.4, 0.5) is 19.0 Å². The number of aromatic nitrogens is 2. The zero-order valence-corrected chi connectivity index (χ0v) is 10.7. The molecule has 0 amide bonds. The fraction of sp³-hybridized carbons (Fsp3) is 0.0833. The predicted octanol–water partition coefficient (Wildman–Crippen LogP) is 3.59. The second-order valence-electron chi connectivity index (χ2n) is 3.73. The molecule has 0 aliphatic carbocycles. The Morgan fingerprint density at radius 2 is 1.75 bits per heavy atom. The molecule has 0 saturated heterocycles. The smallest absolute Gasteiger partial charge is 0.260 e. The topological polar surface area (TPSA) is 50.2 Å². The lowest BCUT2D eigenvalue weighted by Crippen LogP contribution is -2.04. The SMILES string of the molecule is FC(F)(F)c1ccc(C=NNc2ccc(Cl)nn2)cc1. The maximum absolute atomic E-state index is 12.4. The highest BCUT2D eigenvalue weighted by molar-refractivity contribution is 6.29. The third-order valence-electron chi connectivity index (χ3n) is 2.26. The Morgan fingerprint density at radius 1 is 1.05 bits per heavy atom. The first-order valence-corrected chi connectivity index (χ1v) is 5.78. The van der Waals surface area contributed by atoms with E-state index in [9.17, 15) is 13.2 Å². The van der Waals surface area contributed by atoms with E-state index >= 15 is 0 Å². The second kappa shape index (κ2) is 5.87. The van der Waals surface area contributed by atoms with Gasteiger partial charge in [-0.3, -0.25) is 5.43 Å². The first kappa shape index (κ1) is 14.3. The van der Waals surface area contributed by atoms with E-state index in [2.05, 4.69) is 20.7 Å². The number of nitrogens with zero attached hydrogens (tertiary/aromatic N) is 3. The summed E-state index contributed by atoms with van der Waals surface area (Å²) in [7, 11) is 0. The number of rotatable bonds is 3. The number of hydrogen-bond acceptors (Lipinski definition) is 4. The van der Waals surface area contributed by atoms with Crippen molar-refractivity contribution in [2.75, 3.05) is 5.43 Å². The van der Waals surface area contributed by atoms with Gasteiger partial charge in [-0.25, -0.2) is 0 Å². The number of anilines is 1. The van der Waals surface area contributed by atoms with Crippen LogP contribution in [-0.2, 0) is 6.18 Å². The van der Waals surface area contributed by atoms with Crippen LogP contribution in [0.1, 0.15) is 11.1 Å². The van der Waals surface area contributed by atoms with Crippen LogP contribution in [0.3, 0.4) is 0 Å². The molecule has 1 N–H and O–H groups in total. The molecular formula is C12H8ClF3N4. The van der Waals surface area contributed by atoms with Crippen LogP contribution in [-0.4, -0.2) is 16.4 Å². The maximum atomic E-state index is 12.4. The van der Waals surface area contributed by atoms with Gasteiger partial charge in [-0.15, -0.1) is 10.2 Å². The van der Waals surface area contributed by atoms with Crippen molar-refractivity contribution < 1.29 is 13.2 Å². The Labute approximate surface area is 117 Å². The van der Waals surface area contributed by atoms with Gasteiger partial charge in [0.25, 0.3) is 0 Å². The molecule has 0 aliphatic rings. The van der Waals surface area contributed by atoms with Crippen LogP contribution in [0, 0.1) is 0 Å². The minimum Gasteiger partial charge on any atom is -0.260 e. The lowest BCUT2D eigenvalue weighted by Gasteiger charge is -2.05. The normalized spacial score (nSPS) is 11.8. The lowest BCUT2D eigenvalue weighted by molar-refractivity contribution is -0.137. The standard InChI is InChI=1S/C12H8ClF3N4/c13-10-5-6-11(20-18-10)19-17-7-8-1-3-9(4-2-8)12(14,15)16/h1-7H,(H,19,20). The van der Waals surface area contributed by atoms with Crippen molar-refractivity contribution in [2.24, 2.45) is 5.10 Å². The number of hydrogen-bond donors (Lipinski definition) is 1. The van der Waals surface area contributed by atoms with Gasteiger partial charge in [0.1, 0.15) is 0 Å². The van der Waals surface area contributed by atoms with Crippen LogP contribution in [0.5, 0.6) is 0 Å². The largest absolute Gasteiger partial charge is 0.416 e. The van der Waals surface area contributed by atoms with Gasteiger partial charge in [-0.2, -0.15) is 18.3 Å². The first-order chi connectivity index (χ1) is 9.45. The second-order valence-corrected chi connectivity index (χ2v) is 4.12. The minimum absolute atomic E-state index is 0.252. The van der Waals surface area contributed by atoms with E-state index in [4.69, 9.17) is 11.6 Å². The van der Waals surface area contributed by atoms with Crippen molar-refractivity contribution in [1.82, 2.24) is 10.2 Å². The molecule has 1 heterocycles. The fourth-order valence-corrected chi connectivity index (χ4v) is 1.41. The van der Waals surface area contributed by atoms with Crippen molar-refractivity contribution >= 4 is 23.6 Å². The van der Waals surface area contributed by atoms with Gasteiger partial charge in [0, 0.05) is 0 Å². The van der Waals surface area contributed by atoms with Gasteiger partial charge in [-0.05, 0) is 29.8 Å². The monoisotopic (exact) mass is 300 g/mol. The molecule has 2 rings (SSSR count). The van der Waals surface area contributed by atoms with Gasteiger partial charge in [0.15, 0.2) is 11.0 Å². The average Bonchev–Trinajstić information content (AvgIpc) is 2.41. The summed E-state index contributed by atoms with van der Waals surface area (Å²) in [6.07, 6.45) is -2.97. The summed E-state index contributed by atoms with van der Waals surface area (Å²) in [5.41, 5.74) is 2.40. The molecule has 0 bridgehead atoms.